The third-order valence-electron chi connectivity index (χ3n) is 2.23. The van der Waals surface area contributed by atoms with Crippen molar-refractivity contribution >= 4 is 18.2 Å². The van der Waals surface area contributed by atoms with E-state index in [0.29, 0.717) is 11.8 Å². The second kappa shape index (κ2) is 3.62. The first kappa shape index (κ1) is 9.54. The van der Waals surface area contributed by atoms with Crippen LogP contribution in [0.1, 0.15) is 31.7 Å². The number of rotatable bonds is 1. The summed E-state index contributed by atoms with van der Waals surface area (Å²) in [5.41, 5.74) is 5.53. The van der Waals surface area contributed by atoms with Crippen LogP contribution in [0.5, 0.6) is 0 Å². The molecule has 1 aromatic rings. The fourth-order valence-electron chi connectivity index (χ4n) is 1.57. The van der Waals surface area contributed by atoms with Gasteiger partial charge in [0.2, 0.25) is 10.7 Å². The van der Waals surface area contributed by atoms with Gasteiger partial charge in [-0.05, 0) is 32.0 Å². The van der Waals surface area contributed by atoms with E-state index in [4.69, 9.17) is 22.7 Å². The molecule has 1 aromatic heterocycles. The normalized spacial score (nSPS) is 26.6. The standard InChI is InChI=1S/C8H12N4OS/c1-4-2-3-5(13-4)6-10-7(9)12-8(14)11-6/h4-5H,2-3H2,1H3,(H3,9,10,11,12,14). The number of aromatic nitrogens is 3. The van der Waals surface area contributed by atoms with Gasteiger partial charge in [-0.15, -0.1) is 0 Å². The highest BCUT2D eigenvalue weighted by Crippen LogP contribution is 2.30. The first-order valence-electron chi connectivity index (χ1n) is 4.54. The van der Waals surface area contributed by atoms with E-state index in [2.05, 4.69) is 15.0 Å². The molecule has 2 heterocycles. The molecule has 1 aliphatic rings. The molecule has 1 fully saturated rings. The first-order valence-corrected chi connectivity index (χ1v) is 4.95. The van der Waals surface area contributed by atoms with Crippen molar-refractivity contribution in [2.75, 3.05) is 5.73 Å². The largest absolute Gasteiger partial charge is 0.369 e. The van der Waals surface area contributed by atoms with Gasteiger partial charge in [0.15, 0.2) is 0 Å². The van der Waals surface area contributed by atoms with Crippen molar-refractivity contribution in [1.82, 2.24) is 15.0 Å². The van der Waals surface area contributed by atoms with Crippen molar-refractivity contribution in [3.05, 3.63) is 10.6 Å². The van der Waals surface area contributed by atoms with Gasteiger partial charge in [0, 0.05) is 0 Å². The lowest BCUT2D eigenvalue weighted by Crippen LogP contribution is -2.08. The Morgan fingerprint density at radius 3 is 2.86 bits per heavy atom. The van der Waals surface area contributed by atoms with Crippen LogP contribution in [-0.4, -0.2) is 21.1 Å². The number of ether oxygens (including phenoxy) is 1. The molecule has 1 aliphatic heterocycles. The van der Waals surface area contributed by atoms with Gasteiger partial charge < -0.3 is 15.5 Å². The zero-order chi connectivity index (χ0) is 10.1. The average molecular weight is 212 g/mol. The Morgan fingerprint density at radius 1 is 1.50 bits per heavy atom. The number of hydrogen-bond acceptors (Lipinski definition) is 5. The lowest BCUT2D eigenvalue weighted by atomic mass is 10.2. The van der Waals surface area contributed by atoms with Crippen LogP contribution in [0.4, 0.5) is 5.95 Å². The summed E-state index contributed by atoms with van der Waals surface area (Å²) in [5, 5.41) is 0. The summed E-state index contributed by atoms with van der Waals surface area (Å²) >= 11 is 4.87. The molecule has 2 rings (SSSR count). The number of nitrogen functional groups attached to an aromatic ring is 1. The van der Waals surface area contributed by atoms with E-state index in [9.17, 15) is 0 Å². The number of H-pyrrole nitrogens is 1. The quantitative estimate of drug-likeness (QED) is 0.687. The molecule has 2 atom stereocenters. The third kappa shape index (κ3) is 1.91. The van der Waals surface area contributed by atoms with Crippen molar-refractivity contribution in [2.24, 2.45) is 0 Å². The van der Waals surface area contributed by atoms with Gasteiger partial charge in [-0.25, -0.2) is 4.98 Å². The van der Waals surface area contributed by atoms with E-state index in [-0.39, 0.29) is 17.0 Å². The Balaban J connectivity index is 2.28. The minimum atomic E-state index is -0.0167. The number of nitrogens with two attached hydrogens (primary N) is 1. The van der Waals surface area contributed by atoms with E-state index in [1.54, 1.807) is 0 Å². The molecular weight excluding hydrogens is 200 g/mol. The molecule has 2 unspecified atom stereocenters. The van der Waals surface area contributed by atoms with Crippen LogP contribution in [0, 0.1) is 4.77 Å². The minimum Gasteiger partial charge on any atom is -0.369 e. The Labute approximate surface area is 86.7 Å². The average Bonchev–Trinajstić information content (AvgIpc) is 2.50. The summed E-state index contributed by atoms with van der Waals surface area (Å²) in [6.45, 7) is 2.04. The SMILES string of the molecule is CC1CCC(c2nc(=S)nc(N)[nH]2)O1. The molecule has 14 heavy (non-hydrogen) atoms. The first-order chi connectivity index (χ1) is 6.65. The molecule has 0 aromatic carbocycles. The Kier molecular flexibility index (Phi) is 2.47. The summed E-state index contributed by atoms with van der Waals surface area (Å²) in [4.78, 5) is 10.8. The maximum atomic E-state index is 5.63. The lowest BCUT2D eigenvalue weighted by molar-refractivity contribution is 0.0502. The van der Waals surface area contributed by atoms with E-state index < -0.39 is 0 Å². The Bertz CT molecular complexity index is 391. The number of aromatic amines is 1. The second-order valence-corrected chi connectivity index (χ2v) is 3.78. The highest BCUT2D eigenvalue weighted by atomic mass is 32.1. The van der Waals surface area contributed by atoms with E-state index in [1.165, 1.54) is 0 Å². The van der Waals surface area contributed by atoms with Gasteiger partial charge in [0.05, 0.1) is 6.10 Å². The van der Waals surface area contributed by atoms with Crippen LogP contribution in [0.2, 0.25) is 0 Å². The maximum absolute atomic E-state index is 5.63. The van der Waals surface area contributed by atoms with Crippen LogP contribution in [0.15, 0.2) is 0 Å². The van der Waals surface area contributed by atoms with Crippen LogP contribution in [0.25, 0.3) is 0 Å². The number of nitrogens with one attached hydrogen (secondary N) is 1. The van der Waals surface area contributed by atoms with Gasteiger partial charge >= 0.3 is 0 Å². The molecule has 1 saturated heterocycles. The van der Waals surface area contributed by atoms with Crippen molar-refractivity contribution in [3.8, 4) is 0 Å². The highest BCUT2D eigenvalue weighted by molar-refractivity contribution is 7.71. The molecule has 5 nitrogen and oxygen atoms in total. The predicted octanol–water partition coefficient (Wildman–Crippen LogP) is 1.36. The van der Waals surface area contributed by atoms with E-state index >= 15 is 0 Å². The Morgan fingerprint density at radius 2 is 2.29 bits per heavy atom. The molecule has 3 N–H and O–H groups in total. The van der Waals surface area contributed by atoms with Crippen molar-refractivity contribution < 1.29 is 4.74 Å². The Hall–Kier alpha value is -1.01. The van der Waals surface area contributed by atoms with Gasteiger partial charge in [0.1, 0.15) is 11.9 Å². The fraction of sp³-hybridized carbons (Fsp3) is 0.625. The number of nitrogens with zero attached hydrogens (tertiary/aromatic N) is 2. The van der Waals surface area contributed by atoms with Gasteiger partial charge in [-0.1, -0.05) is 0 Å². The fourth-order valence-corrected chi connectivity index (χ4v) is 1.77. The van der Waals surface area contributed by atoms with Crippen molar-refractivity contribution in [1.29, 1.82) is 0 Å². The second-order valence-electron chi connectivity index (χ2n) is 3.41. The summed E-state index contributed by atoms with van der Waals surface area (Å²) in [6.07, 6.45) is 2.24. The number of anilines is 1. The molecule has 0 radical (unpaired) electrons. The molecule has 6 heteroatoms. The molecule has 0 amide bonds. The van der Waals surface area contributed by atoms with Gasteiger partial charge in [-0.3, -0.25) is 0 Å². The molecular formula is C8H12N4OS. The molecule has 0 spiro atoms. The zero-order valence-corrected chi connectivity index (χ0v) is 8.67. The van der Waals surface area contributed by atoms with Gasteiger partial charge in [0.25, 0.3) is 0 Å². The molecule has 0 bridgehead atoms. The lowest BCUT2D eigenvalue weighted by Gasteiger charge is -2.10. The summed E-state index contributed by atoms with van der Waals surface area (Å²) in [7, 11) is 0. The predicted molar refractivity (Wildman–Crippen MR) is 54.2 cm³/mol. The van der Waals surface area contributed by atoms with E-state index in [0.717, 1.165) is 12.8 Å². The minimum absolute atomic E-state index is 0.0167. The third-order valence-corrected chi connectivity index (χ3v) is 2.41. The smallest absolute Gasteiger partial charge is 0.224 e. The van der Waals surface area contributed by atoms with Crippen molar-refractivity contribution in [3.63, 3.8) is 0 Å². The van der Waals surface area contributed by atoms with Crippen LogP contribution >= 0.6 is 12.2 Å². The molecule has 0 aliphatic carbocycles. The monoisotopic (exact) mass is 212 g/mol. The molecule has 76 valence electrons. The summed E-state index contributed by atoms with van der Waals surface area (Å²) in [6, 6.07) is 0. The number of hydrogen-bond donors (Lipinski definition) is 2. The summed E-state index contributed by atoms with van der Waals surface area (Å²) in [5.74, 6) is 0.981. The molecule has 0 saturated carbocycles. The van der Waals surface area contributed by atoms with Crippen molar-refractivity contribution in [2.45, 2.75) is 32.0 Å². The highest BCUT2D eigenvalue weighted by Gasteiger charge is 2.25. The van der Waals surface area contributed by atoms with Crippen LogP contribution in [0.3, 0.4) is 0 Å². The van der Waals surface area contributed by atoms with Crippen LogP contribution < -0.4 is 5.73 Å². The van der Waals surface area contributed by atoms with E-state index in [1.807, 2.05) is 6.92 Å². The van der Waals surface area contributed by atoms with Crippen LogP contribution in [-0.2, 0) is 4.74 Å². The summed E-state index contributed by atoms with van der Waals surface area (Å²) < 4.78 is 5.90. The maximum Gasteiger partial charge on any atom is 0.224 e. The topological polar surface area (TPSA) is 76.8 Å². The zero-order valence-electron chi connectivity index (χ0n) is 7.86. The van der Waals surface area contributed by atoms with Gasteiger partial charge in [-0.2, -0.15) is 4.98 Å².